The fourth-order valence-corrected chi connectivity index (χ4v) is 4.47. The molecule has 0 atom stereocenters. The predicted octanol–water partition coefficient (Wildman–Crippen LogP) is 4.27. The molecule has 30 heavy (non-hydrogen) atoms. The molecule has 3 aromatic carbocycles. The summed E-state index contributed by atoms with van der Waals surface area (Å²) in [7, 11) is -2.25. The smallest absolute Gasteiger partial charge is 0.338 e. The number of carbonyl (C=O) groups excluding carboxylic acids is 1. The van der Waals surface area contributed by atoms with Gasteiger partial charge in [0.1, 0.15) is 12.4 Å². The lowest BCUT2D eigenvalue weighted by molar-refractivity contribution is 0.0472. The summed E-state index contributed by atoms with van der Waals surface area (Å²) in [6.07, 6.45) is 0. The molecule has 0 bridgehead atoms. The quantitative estimate of drug-likeness (QED) is 0.504. The van der Waals surface area contributed by atoms with Gasteiger partial charge in [0.25, 0.3) is 10.0 Å². The zero-order valence-electron chi connectivity index (χ0n) is 16.8. The van der Waals surface area contributed by atoms with E-state index in [0.29, 0.717) is 11.4 Å². The number of hydrogen-bond donors (Lipinski definition) is 0. The molecule has 3 aromatic rings. The minimum atomic E-state index is -3.82. The summed E-state index contributed by atoms with van der Waals surface area (Å²) in [6, 6.07) is 21.9. The molecule has 0 N–H and O–H groups in total. The van der Waals surface area contributed by atoms with Crippen LogP contribution >= 0.6 is 0 Å². The average molecular weight is 426 g/mol. The Morgan fingerprint density at radius 3 is 2.27 bits per heavy atom. The SMILES string of the molecule is CCN(c1ccccc1)S(=O)(=O)c1cccc(C(=O)OCc2ccc(OC)cc2)c1. The molecule has 0 saturated carbocycles. The lowest BCUT2D eigenvalue weighted by Crippen LogP contribution is -2.30. The summed E-state index contributed by atoms with van der Waals surface area (Å²) >= 11 is 0. The molecular weight excluding hydrogens is 402 g/mol. The van der Waals surface area contributed by atoms with Crippen molar-refractivity contribution in [3.8, 4) is 5.75 Å². The van der Waals surface area contributed by atoms with Gasteiger partial charge in [-0.05, 0) is 55.0 Å². The maximum absolute atomic E-state index is 13.1. The van der Waals surface area contributed by atoms with E-state index >= 15 is 0 Å². The molecular formula is C23H23NO5S. The van der Waals surface area contributed by atoms with Gasteiger partial charge >= 0.3 is 5.97 Å². The van der Waals surface area contributed by atoms with Crippen LogP contribution in [0.5, 0.6) is 5.75 Å². The van der Waals surface area contributed by atoms with E-state index in [1.54, 1.807) is 62.6 Å². The van der Waals surface area contributed by atoms with Crippen LogP contribution < -0.4 is 9.04 Å². The van der Waals surface area contributed by atoms with Crippen molar-refractivity contribution in [2.45, 2.75) is 18.4 Å². The van der Waals surface area contributed by atoms with Crippen molar-refractivity contribution in [3.63, 3.8) is 0 Å². The fraction of sp³-hybridized carbons (Fsp3) is 0.174. The second-order valence-corrected chi connectivity index (χ2v) is 8.32. The number of ether oxygens (including phenoxy) is 2. The van der Waals surface area contributed by atoms with Crippen molar-refractivity contribution >= 4 is 21.7 Å². The summed E-state index contributed by atoms with van der Waals surface area (Å²) < 4.78 is 38.0. The maximum Gasteiger partial charge on any atom is 0.338 e. The molecule has 0 unspecified atom stereocenters. The zero-order valence-corrected chi connectivity index (χ0v) is 17.6. The number of rotatable bonds is 8. The molecule has 0 amide bonds. The van der Waals surface area contributed by atoms with Gasteiger partial charge in [0.2, 0.25) is 0 Å². The standard InChI is InChI=1S/C23H23NO5S/c1-3-24(20-9-5-4-6-10-20)30(26,27)22-11-7-8-19(16-22)23(25)29-17-18-12-14-21(28-2)15-13-18/h4-16H,3,17H2,1-2H3. The molecule has 6 nitrogen and oxygen atoms in total. The van der Waals surface area contributed by atoms with Crippen LogP contribution in [0.3, 0.4) is 0 Å². The third-order valence-corrected chi connectivity index (χ3v) is 6.42. The molecule has 0 spiro atoms. The highest BCUT2D eigenvalue weighted by Gasteiger charge is 2.24. The van der Waals surface area contributed by atoms with Crippen LogP contribution in [0.4, 0.5) is 5.69 Å². The van der Waals surface area contributed by atoms with Crippen molar-refractivity contribution in [2.75, 3.05) is 18.0 Å². The van der Waals surface area contributed by atoms with E-state index in [0.717, 1.165) is 5.56 Å². The van der Waals surface area contributed by atoms with Crippen LogP contribution in [0.25, 0.3) is 0 Å². The second-order valence-electron chi connectivity index (χ2n) is 6.46. The second kappa shape index (κ2) is 9.45. The minimum Gasteiger partial charge on any atom is -0.497 e. The number of para-hydroxylation sites is 1. The highest BCUT2D eigenvalue weighted by Crippen LogP contribution is 2.24. The first-order valence-electron chi connectivity index (χ1n) is 9.43. The van der Waals surface area contributed by atoms with E-state index < -0.39 is 16.0 Å². The molecule has 0 fully saturated rings. The topological polar surface area (TPSA) is 72.9 Å². The van der Waals surface area contributed by atoms with Gasteiger partial charge in [-0.25, -0.2) is 13.2 Å². The molecule has 7 heteroatoms. The largest absolute Gasteiger partial charge is 0.497 e. The predicted molar refractivity (Wildman–Crippen MR) is 115 cm³/mol. The molecule has 0 radical (unpaired) electrons. The number of carbonyl (C=O) groups is 1. The Balaban J connectivity index is 1.78. The van der Waals surface area contributed by atoms with E-state index in [4.69, 9.17) is 9.47 Å². The van der Waals surface area contributed by atoms with Crippen molar-refractivity contribution < 1.29 is 22.7 Å². The molecule has 0 saturated heterocycles. The molecule has 0 aliphatic heterocycles. The van der Waals surface area contributed by atoms with Gasteiger partial charge in [-0.3, -0.25) is 4.31 Å². The zero-order chi connectivity index (χ0) is 21.6. The van der Waals surface area contributed by atoms with Gasteiger partial charge in [-0.1, -0.05) is 36.4 Å². The molecule has 0 aliphatic rings. The first-order valence-corrected chi connectivity index (χ1v) is 10.9. The third-order valence-electron chi connectivity index (χ3n) is 4.52. The van der Waals surface area contributed by atoms with Crippen molar-refractivity contribution in [3.05, 3.63) is 90.0 Å². The number of nitrogens with zero attached hydrogens (tertiary/aromatic N) is 1. The van der Waals surface area contributed by atoms with Gasteiger partial charge in [-0.15, -0.1) is 0 Å². The monoisotopic (exact) mass is 425 g/mol. The number of hydrogen-bond acceptors (Lipinski definition) is 5. The molecule has 0 heterocycles. The Morgan fingerprint density at radius 2 is 1.63 bits per heavy atom. The van der Waals surface area contributed by atoms with Gasteiger partial charge in [-0.2, -0.15) is 0 Å². The normalized spacial score (nSPS) is 11.0. The van der Waals surface area contributed by atoms with E-state index in [2.05, 4.69) is 0 Å². The van der Waals surface area contributed by atoms with Gasteiger partial charge in [0.15, 0.2) is 0 Å². The van der Waals surface area contributed by atoms with Gasteiger partial charge < -0.3 is 9.47 Å². The van der Waals surface area contributed by atoms with Gasteiger partial charge in [0, 0.05) is 6.54 Å². The van der Waals surface area contributed by atoms with E-state index in [9.17, 15) is 13.2 Å². The van der Waals surface area contributed by atoms with Crippen molar-refractivity contribution in [1.29, 1.82) is 0 Å². The summed E-state index contributed by atoms with van der Waals surface area (Å²) in [5.41, 5.74) is 1.54. The van der Waals surface area contributed by atoms with Gasteiger partial charge in [0.05, 0.1) is 23.3 Å². The molecule has 0 aromatic heterocycles. The molecule has 3 rings (SSSR count). The Kier molecular flexibility index (Phi) is 6.74. The molecule has 156 valence electrons. The number of sulfonamides is 1. The first kappa shape index (κ1) is 21.4. The first-order chi connectivity index (χ1) is 14.5. The van der Waals surface area contributed by atoms with Crippen LogP contribution in [0.15, 0.2) is 83.8 Å². The van der Waals surface area contributed by atoms with Crippen LogP contribution in [-0.2, 0) is 21.4 Å². The Labute approximate surface area is 176 Å². The van der Waals surface area contributed by atoms with Crippen molar-refractivity contribution in [1.82, 2.24) is 0 Å². The summed E-state index contributed by atoms with van der Waals surface area (Å²) in [5.74, 6) is 0.118. The number of esters is 1. The van der Waals surface area contributed by atoms with E-state index in [-0.39, 0.29) is 23.6 Å². The fourth-order valence-electron chi connectivity index (χ4n) is 2.95. The summed E-state index contributed by atoms with van der Waals surface area (Å²) in [6.45, 7) is 2.10. The summed E-state index contributed by atoms with van der Waals surface area (Å²) in [5, 5.41) is 0. The van der Waals surface area contributed by atoms with Crippen molar-refractivity contribution in [2.24, 2.45) is 0 Å². The maximum atomic E-state index is 13.1. The highest BCUT2D eigenvalue weighted by atomic mass is 32.2. The van der Waals surface area contributed by atoms with Crippen LogP contribution in [0.2, 0.25) is 0 Å². The lowest BCUT2D eigenvalue weighted by Gasteiger charge is -2.23. The van der Waals surface area contributed by atoms with Crippen LogP contribution in [0.1, 0.15) is 22.8 Å². The molecule has 0 aliphatic carbocycles. The number of methoxy groups -OCH3 is 1. The lowest BCUT2D eigenvalue weighted by atomic mass is 10.2. The van der Waals surface area contributed by atoms with E-state index in [1.165, 1.54) is 28.6 Å². The van der Waals surface area contributed by atoms with E-state index in [1.807, 2.05) is 6.07 Å². The number of benzene rings is 3. The minimum absolute atomic E-state index is 0.0344. The van der Waals surface area contributed by atoms with Crippen LogP contribution in [0, 0.1) is 0 Å². The Hall–Kier alpha value is -3.32. The summed E-state index contributed by atoms with van der Waals surface area (Å²) in [4.78, 5) is 12.5. The Morgan fingerprint density at radius 1 is 0.933 bits per heavy atom. The third kappa shape index (κ3) is 4.80. The average Bonchev–Trinajstić information content (AvgIpc) is 2.79. The highest BCUT2D eigenvalue weighted by molar-refractivity contribution is 7.92. The van der Waals surface area contributed by atoms with Crippen LogP contribution in [-0.4, -0.2) is 28.0 Å². The number of anilines is 1. The Bertz CT molecular complexity index is 1100.